The van der Waals surface area contributed by atoms with Crippen molar-refractivity contribution in [2.45, 2.75) is 37.9 Å². The number of aromatic nitrogens is 5. The smallest absolute Gasteiger partial charge is 0.239 e. The van der Waals surface area contributed by atoms with E-state index >= 15 is 0 Å². The average Bonchev–Trinajstić information content (AvgIpc) is 3.84. The molecule has 7 rings (SSSR count). The van der Waals surface area contributed by atoms with Crippen molar-refractivity contribution in [1.29, 1.82) is 0 Å². The minimum atomic E-state index is -0.441. The molecule has 1 aliphatic rings. The number of piperazine rings is 1. The van der Waals surface area contributed by atoms with Crippen LogP contribution in [0.4, 0.5) is 0 Å². The molecule has 0 saturated carbocycles. The fraction of sp³-hybridized carbons (Fsp3) is 0.306. The molecule has 3 aromatic heterocycles. The van der Waals surface area contributed by atoms with Crippen LogP contribution in [0.25, 0.3) is 21.8 Å². The van der Waals surface area contributed by atoms with Crippen molar-refractivity contribution in [2.75, 3.05) is 33.9 Å². The number of aryl methyl sites for hydroxylation is 2. The van der Waals surface area contributed by atoms with E-state index in [0.717, 1.165) is 52.9 Å². The summed E-state index contributed by atoms with van der Waals surface area (Å²) in [6.07, 6.45) is 6.07. The van der Waals surface area contributed by atoms with Gasteiger partial charge >= 0.3 is 0 Å². The zero-order chi connectivity index (χ0) is 32.2. The summed E-state index contributed by atoms with van der Waals surface area (Å²) in [5.74, 6) is 2.88. The largest absolute Gasteiger partial charge is 0.497 e. The maximum absolute atomic E-state index is 13.7. The second-order valence-electron chi connectivity index (χ2n) is 11.9. The van der Waals surface area contributed by atoms with Crippen LogP contribution in [0.15, 0.2) is 79.1 Å². The van der Waals surface area contributed by atoms with Crippen molar-refractivity contribution in [3.8, 4) is 11.5 Å². The standard InChI is InChI=1S/C36H40N8O3/c1-46-26-13-11-24(33(18-26)47-2)22-44-34(14-12-23-19-39-29-9-5-3-7-27(23)29)42-43-35(44)31(41-36(45)32-21-37-15-16-38-32)17-25-20-40-30-10-6-4-8-28(25)30/h3-11,13,18-20,31-32,37-40H,12,14-17,21-22H2,1-2H3,(H,41,45). The van der Waals surface area contributed by atoms with E-state index in [4.69, 9.17) is 19.7 Å². The van der Waals surface area contributed by atoms with Crippen molar-refractivity contribution in [3.05, 3.63) is 107 Å². The summed E-state index contributed by atoms with van der Waals surface area (Å²) in [5.41, 5.74) is 5.43. The number of nitrogens with one attached hydrogen (secondary N) is 5. The van der Waals surface area contributed by atoms with E-state index < -0.39 is 6.04 Å². The molecule has 6 aromatic rings. The van der Waals surface area contributed by atoms with Crippen LogP contribution in [0.3, 0.4) is 0 Å². The number of fused-ring (bicyclic) bond motifs is 2. The van der Waals surface area contributed by atoms with Gasteiger partial charge in [0.25, 0.3) is 0 Å². The van der Waals surface area contributed by atoms with Crippen molar-refractivity contribution in [2.24, 2.45) is 0 Å². The normalized spacial score (nSPS) is 15.6. The molecule has 242 valence electrons. The zero-order valence-corrected chi connectivity index (χ0v) is 26.7. The Morgan fingerprint density at radius 1 is 0.894 bits per heavy atom. The van der Waals surface area contributed by atoms with Crippen molar-refractivity contribution < 1.29 is 14.3 Å². The van der Waals surface area contributed by atoms with Gasteiger partial charge in [-0.25, -0.2) is 0 Å². The molecule has 4 heterocycles. The highest BCUT2D eigenvalue weighted by molar-refractivity contribution is 5.85. The van der Waals surface area contributed by atoms with E-state index in [1.807, 2.05) is 42.6 Å². The van der Waals surface area contributed by atoms with Crippen LogP contribution in [0, 0.1) is 0 Å². The third-order valence-electron chi connectivity index (χ3n) is 9.06. The van der Waals surface area contributed by atoms with Gasteiger partial charge in [0.2, 0.25) is 5.91 Å². The number of ether oxygens (including phenoxy) is 2. The number of aromatic amines is 2. The number of para-hydroxylation sites is 2. The first kappa shape index (κ1) is 30.5. The van der Waals surface area contributed by atoms with Crippen LogP contribution in [-0.4, -0.2) is 70.5 Å². The molecule has 0 aliphatic carbocycles. The van der Waals surface area contributed by atoms with Gasteiger partial charge in [0.05, 0.1) is 32.8 Å². The van der Waals surface area contributed by atoms with E-state index in [-0.39, 0.29) is 11.9 Å². The molecule has 2 atom stereocenters. The number of hydrogen-bond acceptors (Lipinski definition) is 7. The Hall–Kier alpha value is -5.13. The minimum absolute atomic E-state index is 0.0704. The summed E-state index contributed by atoms with van der Waals surface area (Å²) in [4.78, 5) is 20.5. The van der Waals surface area contributed by atoms with E-state index in [1.165, 1.54) is 10.9 Å². The first-order valence-corrected chi connectivity index (χ1v) is 16.1. The summed E-state index contributed by atoms with van der Waals surface area (Å²) in [7, 11) is 3.30. The number of nitrogens with zero attached hydrogens (tertiary/aromatic N) is 3. The number of amides is 1. The Bertz CT molecular complexity index is 1990. The number of H-pyrrole nitrogens is 2. The number of rotatable bonds is 12. The predicted octanol–water partition coefficient (Wildman–Crippen LogP) is 4.05. The Morgan fingerprint density at radius 3 is 2.36 bits per heavy atom. The van der Waals surface area contributed by atoms with Crippen molar-refractivity contribution in [1.82, 2.24) is 40.7 Å². The van der Waals surface area contributed by atoms with Gasteiger partial charge in [0, 0.05) is 78.3 Å². The first-order valence-electron chi connectivity index (χ1n) is 16.1. The van der Waals surface area contributed by atoms with Gasteiger partial charge in [-0.3, -0.25) is 4.79 Å². The summed E-state index contributed by atoms with van der Waals surface area (Å²) in [6, 6.07) is 21.6. The Morgan fingerprint density at radius 2 is 1.64 bits per heavy atom. The molecule has 0 radical (unpaired) electrons. The van der Waals surface area contributed by atoms with Crippen LogP contribution < -0.4 is 25.4 Å². The molecular weight excluding hydrogens is 592 g/mol. The van der Waals surface area contributed by atoms with Gasteiger partial charge in [0.15, 0.2) is 5.82 Å². The molecule has 0 spiro atoms. The van der Waals surface area contributed by atoms with E-state index in [9.17, 15) is 4.79 Å². The zero-order valence-electron chi connectivity index (χ0n) is 26.7. The van der Waals surface area contributed by atoms with Crippen LogP contribution in [0.2, 0.25) is 0 Å². The van der Waals surface area contributed by atoms with Crippen LogP contribution in [-0.2, 0) is 30.6 Å². The molecule has 3 aromatic carbocycles. The summed E-state index contributed by atoms with van der Waals surface area (Å²) >= 11 is 0. The van der Waals surface area contributed by atoms with Gasteiger partial charge in [0.1, 0.15) is 17.3 Å². The number of hydrogen-bond donors (Lipinski definition) is 5. The molecule has 1 aliphatic heterocycles. The van der Waals surface area contributed by atoms with E-state index in [2.05, 4.69) is 67.0 Å². The molecular formula is C36H40N8O3. The van der Waals surface area contributed by atoms with E-state index in [0.29, 0.717) is 43.3 Å². The molecule has 5 N–H and O–H groups in total. The van der Waals surface area contributed by atoms with Gasteiger partial charge in [-0.05, 0) is 41.8 Å². The number of methoxy groups -OCH3 is 2. The highest BCUT2D eigenvalue weighted by atomic mass is 16.5. The minimum Gasteiger partial charge on any atom is -0.497 e. The lowest BCUT2D eigenvalue weighted by Crippen LogP contribution is -2.56. The lowest BCUT2D eigenvalue weighted by molar-refractivity contribution is -0.124. The molecule has 1 fully saturated rings. The molecule has 2 unspecified atom stereocenters. The number of carbonyl (C=O) groups is 1. The molecule has 47 heavy (non-hydrogen) atoms. The quantitative estimate of drug-likeness (QED) is 0.137. The third-order valence-corrected chi connectivity index (χ3v) is 9.06. The van der Waals surface area contributed by atoms with Crippen LogP contribution >= 0.6 is 0 Å². The highest BCUT2D eigenvalue weighted by Crippen LogP contribution is 2.29. The molecule has 1 saturated heterocycles. The highest BCUT2D eigenvalue weighted by Gasteiger charge is 2.29. The Kier molecular flexibility index (Phi) is 8.89. The lowest BCUT2D eigenvalue weighted by Gasteiger charge is -2.27. The number of carbonyl (C=O) groups excluding carboxylic acids is 1. The molecule has 11 nitrogen and oxygen atoms in total. The Labute approximate surface area is 273 Å². The van der Waals surface area contributed by atoms with Gasteiger partial charge in [-0.1, -0.05) is 36.4 Å². The lowest BCUT2D eigenvalue weighted by atomic mass is 10.0. The van der Waals surface area contributed by atoms with Gasteiger partial charge < -0.3 is 40.0 Å². The Balaban J connectivity index is 1.27. The van der Waals surface area contributed by atoms with Gasteiger partial charge in [-0.2, -0.15) is 0 Å². The fourth-order valence-electron chi connectivity index (χ4n) is 6.54. The average molecular weight is 633 g/mol. The first-order chi connectivity index (χ1) is 23.1. The number of benzene rings is 3. The monoisotopic (exact) mass is 632 g/mol. The maximum atomic E-state index is 13.7. The molecule has 0 bridgehead atoms. The van der Waals surface area contributed by atoms with Crippen LogP contribution in [0.1, 0.15) is 34.4 Å². The van der Waals surface area contributed by atoms with Crippen LogP contribution in [0.5, 0.6) is 11.5 Å². The second kappa shape index (κ2) is 13.7. The SMILES string of the molecule is COc1ccc(Cn2c(CCc3c[nH]c4ccccc34)nnc2C(Cc2c[nH]c3ccccc23)NC(=O)C2CNCCN2)c(OC)c1. The third kappa shape index (κ3) is 6.45. The summed E-state index contributed by atoms with van der Waals surface area (Å²) < 4.78 is 13.4. The molecule has 11 heteroatoms. The fourth-order valence-corrected chi connectivity index (χ4v) is 6.54. The summed E-state index contributed by atoms with van der Waals surface area (Å²) in [5, 5.41) is 21.9. The van der Waals surface area contributed by atoms with E-state index in [1.54, 1.807) is 14.2 Å². The topological polar surface area (TPSA) is 134 Å². The second-order valence-corrected chi connectivity index (χ2v) is 11.9. The van der Waals surface area contributed by atoms with Gasteiger partial charge in [-0.15, -0.1) is 10.2 Å². The van der Waals surface area contributed by atoms with Crippen molar-refractivity contribution in [3.63, 3.8) is 0 Å². The predicted molar refractivity (Wildman–Crippen MR) is 182 cm³/mol. The van der Waals surface area contributed by atoms with Crippen molar-refractivity contribution >= 4 is 27.7 Å². The summed E-state index contributed by atoms with van der Waals surface area (Å²) in [6.45, 7) is 2.59. The molecule has 1 amide bonds. The maximum Gasteiger partial charge on any atom is 0.239 e.